The van der Waals surface area contributed by atoms with Crippen LogP contribution < -0.4 is 5.73 Å². The number of nitrogens with two attached hydrogens (primary N) is 1. The van der Waals surface area contributed by atoms with Crippen LogP contribution in [0.15, 0.2) is 18.2 Å². The molecule has 2 N–H and O–H groups in total. The average Bonchev–Trinajstić information content (AvgIpc) is 2.21. The first kappa shape index (κ1) is 15.3. The van der Waals surface area contributed by atoms with Gasteiger partial charge in [-0.1, -0.05) is 32.9 Å². The third-order valence-electron chi connectivity index (χ3n) is 3.99. The summed E-state index contributed by atoms with van der Waals surface area (Å²) < 4.78 is 6.18. The lowest BCUT2D eigenvalue weighted by atomic mass is 10.1. The van der Waals surface area contributed by atoms with Crippen LogP contribution in [0.4, 0.5) is 5.69 Å². The van der Waals surface area contributed by atoms with Crippen molar-refractivity contribution < 1.29 is 4.43 Å². The van der Waals surface area contributed by atoms with E-state index in [0.717, 1.165) is 24.3 Å². The van der Waals surface area contributed by atoms with E-state index in [0.29, 0.717) is 0 Å². The van der Waals surface area contributed by atoms with Gasteiger partial charge in [-0.25, -0.2) is 0 Å². The van der Waals surface area contributed by atoms with Gasteiger partial charge in [0.2, 0.25) is 0 Å². The van der Waals surface area contributed by atoms with Crippen molar-refractivity contribution in [3.8, 4) is 0 Å². The fourth-order valence-corrected chi connectivity index (χ4v) is 2.58. The van der Waals surface area contributed by atoms with Crippen LogP contribution >= 0.6 is 0 Å². The Morgan fingerprint density at radius 3 is 2.33 bits per heavy atom. The van der Waals surface area contributed by atoms with Crippen LogP contribution in [0.3, 0.4) is 0 Å². The number of aryl methyl sites for hydroxylation is 1. The van der Waals surface area contributed by atoms with Gasteiger partial charge in [-0.3, -0.25) is 0 Å². The van der Waals surface area contributed by atoms with Crippen molar-refractivity contribution in [2.45, 2.75) is 52.2 Å². The summed E-state index contributed by atoms with van der Waals surface area (Å²) in [5.41, 5.74) is 9.14. The Morgan fingerprint density at radius 1 is 1.22 bits per heavy atom. The van der Waals surface area contributed by atoms with E-state index in [1.54, 1.807) is 0 Å². The zero-order valence-corrected chi connectivity index (χ0v) is 13.6. The summed E-state index contributed by atoms with van der Waals surface area (Å²) in [5.74, 6) is 0. The molecule has 0 atom stereocenters. The van der Waals surface area contributed by atoms with E-state index in [1.165, 1.54) is 5.56 Å². The lowest BCUT2D eigenvalue weighted by Crippen LogP contribution is -2.41. The molecule has 1 rings (SSSR count). The molecule has 3 heteroatoms. The van der Waals surface area contributed by atoms with E-state index >= 15 is 0 Å². The molecular weight excluding hydrogens is 238 g/mol. The van der Waals surface area contributed by atoms with Crippen molar-refractivity contribution in [2.24, 2.45) is 0 Å². The van der Waals surface area contributed by atoms with Gasteiger partial charge in [-0.2, -0.15) is 0 Å². The molecule has 0 amide bonds. The van der Waals surface area contributed by atoms with Crippen LogP contribution in [-0.4, -0.2) is 14.9 Å². The molecule has 0 aliphatic carbocycles. The van der Waals surface area contributed by atoms with Crippen LogP contribution in [0.5, 0.6) is 0 Å². The highest BCUT2D eigenvalue weighted by molar-refractivity contribution is 6.74. The van der Waals surface area contributed by atoms with Gasteiger partial charge in [0, 0.05) is 12.3 Å². The van der Waals surface area contributed by atoms with Gasteiger partial charge in [0.05, 0.1) is 0 Å². The molecular formula is C15H27NOSi. The molecule has 0 unspecified atom stereocenters. The van der Waals surface area contributed by atoms with Crippen LogP contribution in [-0.2, 0) is 10.8 Å². The first-order valence-electron chi connectivity index (χ1n) is 6.62. The summed E-state index contributed by atoms with van der Waals surface area (Å²) in [6.45, 7) is 14.3. The molecule has 18 heavy (non-hydrogen) atoms. The number of rotatable bonds is 4. The highest BCUT2D eigenvalue weighted by atomic mass is 28.4. The quantitative estimate of drug-likeness (QED) is 0.656. The van der Waals surface area contributed by atoms with Crippen LogP contribution in [0.25, 0.3) is 0 Å². The molecule has 0 heterocycles. The molecule has 0 spiro atoms. The monoisotopic (exact) mass is 265 g/mol. The third kappa shape index (κ3) is 3.85. The molecule has 1 aromatic carbocycles. The fraction of sp³-hybridized carbons (Fsp3) is 0.600. The van der Waals surface area contributed by atoms with Gasteiger partial charge < -0.3 is 10.2 Å². The molecule has 0 saturated carbocycles. The predicted octanol–water partition coefficient (Wildman–Crippen LogP) is 4.14. The van der Waals surface area contributed by atoms with Gasteiger partial charge in [-0.05, 0) is 48.7 Å². The second kappa shape index (κ2) is 5.45. The largest absolute Gasteiger partial charge is 0.416 e. The highest BCUT2D eigenvalue weighted by Gasteiger charge is 2.36. The molecule has 0 aromatic heterocycles. The molecule has 0 aliphatic heterocycles. The number of benzene rings is 1. The second-order valence-electron chi connectivity index (χ2n) is 6.55. The second-order valence-corrected chi connectivity index (χ2v) is 11.4. The van der Waals surface area contributed by atoms with E-state index in [2.05, 4.69) is 46.0 Å². The standard InChI is InChI=1S/C15H27NOSi/c1-12-11-13(7-8-14(12)16)9-10-17-18(5,6)15(2,3)4/h7-8,11H,9-10,16H2,1-6H3. The SMILES string of the molecule is Cc1cc(CCO[Si](C)(C)C(C)(C)C)ccc1N. The van der Waals surface area contributed by atoms with Gasteiger partial charge in [0.25, 0.3) is 0 Å². The maximum absolute atomic E-state index is 6.18. The number of hydrogen-bond donors (Lipinski definition) is 1. The van der Waals surface area contributed by atoms with Crippen molar-refractivity contribution in [1.29, 1.82) is 0 Å². The molecule has 1 aromatic rings. The normalized spacial score (nSPS) is 12.8. The Hall–Kier alpha value is -0.803. The first-order chi connectivity index (χ1) is 8.13. The molecule has 0 fully saturated rings. The van der Waals surface area contributed by atoms with E-state index in [1.807, 2.05) is 13.0 Å². The van der Waals surface area contributed by atoms with Crippen LogP contribution in [0, 0.1) is 6.92 Å². The highest BCUT2D eigenvalue weighted by Crippen LogP contribution is 2.36. The molecule has 2 nitrogen and oxygen atoms in total. The molecule has 0 aliphatic rings. The van der Waals surface area contributed by atoms with E-state index < -0.39 is 8.32 Å². The summed E-state index contributed by atoms with van der Waals surface area (Å²) >= 11 is 0. The third-order valence-corrected chi connectivity index (χ3v) is 8.53. The van der Waals surface area contributed by atoms with E-state index in [4.69, 9.17) is 10.2 Å². The predicted molar refractivity (Wildman–Crippen MR) is 82.4 cm³/mol. The molecule has 0 saturated heterocycles. The van der Waals surface area contributed by atoms with Crippen LogP contribution in [0.2, 0.25) is 18.1 Å². The van der Waals surface area contributed by atoms with E-state index in [9.17, 15) is 0 Å². The van der Waals surface area contributed by atoms with Crippen molar-refractivity contribution >= 4 is 14.0 Å². The number of hydrogen-bond acceptors (Lipinski definition) is 2. The zero-order chi connectivity index (χ0) is 14.0. The van der Waals surface area contributed by atoms with E-state index in [-0.39, 0.29) is 5.04 Å². The van der Waals surface area contributed by atoms with Crippen molar-refractivity contribution in [3.05, 3.63) is 29.3 Å². The number of anilines is 1. The summed E-state index contributed by atoms with van der Waals surface area (Å²) in [7, 11) is -1.61. The van der Waals surface area contributed by atoms with Crippen LogP contribution in [0.1, 0.15) is 31.9 Å². The van der Waals surface area contributed by atoms with Gasteiger partial charge in [-0.15, -0.1) is 0 Å². The minimum atomic E-state index is -1.61. The summed E-state index contributed by atoms with van der Waals surface area (Å²) in [6, 6.07) is 6.23. The molecule has 0 radical (unpaired) electrons. The Balaban J connectivity index is 2.54. The van der Waals surface area contributed by atoms with Gasteiger partial charge in [0.15, 0.2) is 8.32 Å². The maximum atomic E-state index is 6.18. The van der Waals surface area contributed by atoms with Crippen molar-refractivity contribution in [2.75, 3.05) is 12.3 Å². The van der Waals surface area contributed by atoms with Crippen molar-refractivity contribution in [3.63, 3.8) is 0 Å². The summed E-state index contributed by atoms with van der Waals surface area (Å²) in [5, 5.41) is 0.282. The first-order valence-corrected chi connectivity index (χ1v) is 9.53. The number of nitrogen functional groups attached to an aromatic ring is 1. The smallest absolute Gasteiger partial charge is 0.191 e. The minimum Gasteiger partial charge on any atom is -0.416 e. The maximum Gasteiger partial charge on any atom is 0.191 e. The molecule has 102 valence electrons. The lowest BCUT2D eigenvalue weighted by Gasteiger charge is -2.36. The Bertz CT molecular complexity index is 407. The van der Waals surface area contributed by atoms with Crippen molar-refractivity contribution in [1.82, 2.24) is 0 Å². The van der Waals surface area contributed by atoms with Gasteiger partial charge in [0.1, 0.15) is 0 Å². The zero-order valence-electron chi connectivity index (χ0n) is 12.6. The lowest BCUT2D eigenvalue weighted by molar-refractivity contribution is 0.292. The summed E-state index contributed by atoms with van der Waals surface area (Å²) in [6.07, 6.45) is 0.966. The Labute approximate surface area is 113 Å². The Morgan fingerprint density at radius 2 is 1.83 bits per heavy atom. The Kier molecular flexibility index (Phi) is 4.62. The average molecular weight is 265 g/mol. The molecule has 0 bridgehead atoms. The van der Waals surface area contributed by atoms with Gasteiger partial charge >= 0.3 is 0 Å². The fourth-order valence-electron chi connectivity index (χ4n) is 1.53. The minimum absolute atomic E-state index is 0.282. The summed E-state index contributed by atoms with van der Waals surface area (Å²) in [4.78, 5) is 0. The topological polar surface area (TPSA) is 35.2 Å².